The zero-order valence-corrected chi connectivity index (χ0v) is 13.5. The van der Waals surface area contributed by atoms with Gasteiger partial charge >= 0.3 is 5.97 Å². The zero-order valence-electron chi connectivity index (χ0n) is 13.5. The Morgan fingerprint density at radius 2 is 2.21 bits per heavy atom. The molecule has 7 heteroatoms. The number of alkyl halides is 2. The summed E-state index contributed by atoms with van der Waals surface area (Å²) in [6.07, 6.45) is 3.17. The Kier molecular flexibility index (Phi) is 4.59. The van der Waals surface area contributed by atoms with E-state index in [2.05, 4.69) is 9.97 Å². The summed E-state index contributed by atoms with van der Waals surface area (Å²) in [4.78, 5) is 22.6. The molecular formula is C17H19F2N3O2. The molecule has 0 radical (unpaired) electrons. The fourth-order valence-electron chi connectivity index (χ4n) is 2.88. The van der Waals surface area contributed by atoms with Crippen molar-refractivity contribution in [3.05, 3.63) is 30.1 Å². The molecule has 0 spiro atoms. The molecule has 0 aliphatic carbocycles. The number of fused-ring (bicyclic) bond motifs is 1. The number of hydrogen-bond donors (Lipinski definition) is 0. The van der Waals surface area contributed by atoms with Gasteiger partial charge in [-0.05, 0) is 25.5 Å². The summed E-state index contributed by atoms with van der Waals surface area (Å²) in [5.74, 6) is -2.77. The number of carbonyl (C=O) groups is 1. The topological polar surface area (TPSA) is 55.3 Å². The molecule has 1 saturated heterocycles. The van der Waals surface area contributed by atoms with Gasteiger partial charge in [0.05, 0.1) is 18.3 Å². The van der Waals surface area contributed by atoms with Crippen molar-refractivity contribution in [1.82, 2.24) is 9.97 Å². The van der Waals surface area contributed by atoms with Crippen LogP contribution in [0.3, 0.4) is 0 Å². The highest BCUT2D eigenvalue weighted by Crippen LogP contribution is 2.31. The van der Waals surface area contributed by atoms with Crippen molar-refractivity contribution in [1.29, 1.82) is 0 Å². The second kappa shape index (κ2) is 6.67. The number of esters is 1. The molecule has 1 fully saturated rings. The average Bonchev–Trinajstić information content (AvgIpc) is 2.74. The minimum atomic E-state index is -2.67. The van der Waals surface area contributed by atoms with Crippen molar-refractivity contribution in [2.24, 2.45) is 0 Å². The molecule has 0 N–H and O–H groups in total. The van der Waals surface area contributed by atoms with E-state index in [1.807, 2.05) is 0 Å². The summed E-state index contributed by atoms with van der Waals surface area (Å²) in [5, 5.41) is 0.761. The summed E-state index contributed by atoms with van der Waals surface area (Å²) < 4.78 is 32.4. The molecule has 0 unspecified atom stereocenters. The Morgan fingerprint density at radius 1 is 1.38 bits per heavy atom. The highest BCUT2D eigenvalue weighted by molar-refractivity contribution is 5.99. The van der Waals surface area contributed by atoms with Crippen LogP contribution >= 0.6 is 0 Å². The third-order valence-corrected chi connectivity index (χ3v) is 4.11. The maximum absolute atomic E-state index is 13.6. The molecule has 0 saturated carbocycles. The number of halogens is 2. The van der Waals surface area contributed by atoms with Crippen molar-refractivity contribution in [2.45, 2.75) is 32.1 Å². The molecule has 24 heavy (non-hydrogen) atoms. The van der Waals surface area contributed by atoms with Gasteiger partial charge in [0.15, 0.2) is 0 Å². The molecule has 0 aromatic carbocycles. The number of anilines is 1. The molecule has 128 valence electrons. The summed E-state index contributed by atoms with van der Waals surface area (Å²) >= 11 is 0. The molecule has 1 aliphatic rings. The first-order chi connectivity index (χ1) is 11.5. The van der Waals surface area contributed by atoms with Crippen LogP contribution < -0.4 is 4.90 Å². The third-order valence-electron chi connectivity index (χ3n) is 4.11. The van der Waals surface area contributed by atoms with E-state index in [-0.39, 0.29) is 26.0 Å². The van der Waals surface area contributed by atoms with E-state index < -0.39 is 11.9 Å². The SMILES string of the molecule is CCOC(=O)c1cc2ccncc2nc1N1CCCC(F)(F)CC1. The smallest absolute Gasteiger partial charge is 0.341 e. The van der Waals surface area contributed by atoms with Crippen molar-refractivity contribution >= 4 is 22.7 Å². The van der Waals surface area contributed by atoms with Crippen LogP contribution in [0, 0.1) is 0 Å². The number of hydrogen-bond acceptors (Lipinski definition) is 5. The van der Waals surface area contributed by atoms with E-state index in [0.29, 0.717) is 29.9 Å². The van der Waals surface area contributed by atoms with E-state index in [0.717, 1.165) is 5.39 Å². The minimum absolute atomic E-state index is 0.145. The minimum Gasteiger partial charge on any atom is -0.462 e. The number of pyridine rings is 2. The number of carbonyl (C=O) groups excluding carboxylic acids is 1. The van der Waals surface area contributed by atoms with Crippen molar-refractivity contribution < 1.29 is 18.3 Å². The van der Waals surface area contributed by atoms with Crippen molar-refractivity contribution in [3.8, 4) is 0 Å². The van der Waals surface area contributed by atoms with Crippen LogP contribution in [0.1, 0.15) is 36.5 Å². The molecule has 3 heterocycles. The quantitative estimate of drug-likeness (QED) is 0.804. The first kappa shape index (κ1) is 16.5. The Morgan fingerprint density at radius 3 is 3.00 bits per heavy atom. The van der Waals surface area contributed by atoms with Crippen LogP contribution in [0.4, 0.5) is 14.6 Å². The van der Waals surface area contributed by atoms with Gasteiger partial charge in [-0.1, -0.05) is 0 Å². The van der Waals surface area contributed by atoms with Gasteiger partial charge in [0.2, 0.25) is 5.92 Å². The molecule has 5 nitrogen and oxygen atoms in total. The van der Waals surface area contributed by atoms with Crippen molar-refractivity contribution in [3.63, 3.8) is 0 Å². The van der Waals surface area contributed by atoms with E-state index in [9.17, 15) is 13.6 Å². The second-order valence-electron chi connectivity index (χ2n) is 5.84. The Hall–Kier alpha value is -2.31. The van der Waals surface area contributed by atoms with Gasteiger partial charge in [0.25, 0.3) is 0 Å². The maximum atomic E-state index is 13.6. The lowest BCUT2D eigenvalue weighted by Crippen LogP contribution is -2.28. The fraction of sp³-hybridized carbons (Fsp3) is 0.471. The average molecular weight is 335 g/mol. The highest BCUT2D eigenvalue weighted by atomic mass is 19.3. The Balaban J connectivity index is 2.03. The lowest BCUT2D eigenvalue weighted by atomic mass is 10.1. The lowest BCUT2D eigenvalue weighted by Gasteiger charge is -2.24. The van der Waals surface area contributed by atoms with E-state index in [1.54, 1.807) is 36.4 Å². The van der Waals surface area contributed by atoms with Crippen LogP contribution in [0.25, 0.3) is 10.9 Å². The number of ether oxygens (including phenoxy) is 1. The molecule has 1 aliphatic heterocycles. The van der Waals surface area contributed by atoms with Gasteiger partial charge < -0.3 is 9.64 Å². The van der Waals surface area contributed by atoms with Crippen LogP contribution in [0.15, 0.2) is 24.5 Å². The third kappa shape index (κ3) is 3.44. The number of aromatic nitrogens is 2. The van der Waals surface area contributed by atoms with E-state index in [4.69, 9.17) is 4.74 Å². The normalized spacial score (nSPS) is 17.5. The van der Waals surface area contributed by atoms with Crippen LogP contribution in [0.2, 0.25) is 0 Å². The first-order valence-corrected chi connectivity index (χ1v) is 8.05. The monoisotopic (exact) mass is 335 g/mol. The molecule has 0 atom stereocenters. The molecule has 2 aromatic rings. The Bertz CT molecular complexity index is 752. The zero-order chi connectivity index (χ0) is 17.2. The van der Waals surface area contributed by atoms with Gasteiger partial charge in [-0.3, -0.25) is 4.98 Å². The predicted molar refractivity (Wildman–Crippen MR) is 86.5 cm³/mol. The van der Waals surface area contributed by atoms with Gasteiger partial charge in [0.1, 0.15) is 11.4 Å². The van der Waals surface area contributed by atoms with E-state index in [1.165, 1.54) is 0 Å². The first-order valence-electron chi connectivity index (χ1n) is 8.05. The molecule has 0 amide bonds. The molecule has 3 rings (SSSR count). The number of nitrogens with zero attached hydrogens (tertiary/aromatic N) is 3. The largest absolute Gasteiger partial charge is 0.462 e. The van der Waals surface area contributed by atoms with Crippen molar-refractivity contribution in [2.75, 3.05) is 24.6 Å². The fourth-order valence-corrected chi connectivity index (χ4v) is 2.88. The van der Waals surface area contributed by atoms with Gasteiger partial charge in [0, 0.05) is 37.5 Å². The van der Waals surface area contributed by atoms with Gasteiger partial charge in [-0.15, -0.1) is 0 Å². The van der Waals surface area contributed by atoms with E-state index >= 15 is 0 Å². The summed E-state index contributed by atoms with van der Waals surface area (Å²) in [6, 6.07) is 3.45. The molecule has 0 bridgehead atoms. The van der Waals surface area contributed by atoms with Crippen LogP contribution in [-0.4, -0.2) is 41.6 Å². The molecular weight excluding hydrogens is 316 g/mol. The highest BCUT2D eigenvalue weighted by Gasteiger charge is 2.33. The lowest BCUT2D eigenvalue weighted by molar-refractivity contribution is -0.0102. The maximum Gasteiger partial charge on any atom is 0.341 e. The number of rotatable bonds is 3. The van der Waals surface area contributed by atoms with Gasteiger partial charge in [-0.2, -0.15) is 0 Å². The van der Waals surface area contributed by atoms with Gasteiger partial charge in [-0.25, -0.2) is 18.6 Å². The Labute approximate surface area is 138 Å². The second-order valence-corrected chi connectivity index (χ2v) is 5.84. The summed E-state index contributed by atoms with van der Waals surface area (Å²) in [6.45, 7) is 2.55. The summed E-state index contributed by atoms with van der Waals surface area (Å²) in [5.41, 5.74) is 0.928. The predicted octanol–water partition coefficient (Wildman–Crippen LogP) is 3.43. The van der Waals surface area contributed by atoms with Crippen LogP contribution in [-0.2, 0) is 4.74 Å². The summed E-state index contributed by atoms with van der Waals surface area (Å²) in [7, 11) is 0. The van der Waals surface area contributed by atoms with Crippen LogP contribution in [0.5, 0.6) is 0 Å². The molecule has 2 aromatic heterocycles. The standard InChI is InChI=1S/C17H19F2N3O2/c1-2-24-16(23)13-10-12-4-7-20-11-14(12)21-15(13)22-8-3-5-17(18,19)6-9-22/h4,7,10-11H,2-3,5-6,8-9H2,1H3.